The van der Waals surface area contributed by atoms with Crippen LogP contribution >= 0.6 is 0 Å². The Hall–Kier alpha value is -2.70. The van der Waals surface area contributed by atoms with Crippen molar-refractivity contribution >= 4 is 11.9 Å². The van der Waals surface area contributed by atoms with Gasteiger partial charge in [-0.05, 0) is 0 Å². The Bertz CT molecular complexity index is 683. The van der Waals surface area contributed by atoms with E-state index < -0.39 is 12.0 Å². The van der Waals surface area contributed by atoms with Crippen molar-refractivity contribution in [2.45, 2.75) is 24.9 Å². The van der Waals surface area contributed by atoms with Crippen LogP contribution in [-0.2, 0) is 14.3 Å². The second kappa shape index (κ2) is 5.97. The molecular formula is C15H16N4O3. The highest BCUT2D eigenvalue weighted by Crippen LogP contribution is 2.24. The standard InChI is InChI=1S/C15H16N4O3/c1-22-15(21)12-7-11(8-14(20)16-12)19-9-13(17-18-19)10-5-3-2-4-6-10/h2-6,9,11-12H,7-8H2,1H3,(H,16,20). The summed E-state index contributed by atoms with van der Waals surface area (Å²) in [5.41, 5.74) is 1.69. The lowest BCUT2D eigenvalue weighted by Gasteiger charge is -2.27. The monoisotopic (exact) mass is 300 g/mol. The minimum atomic E-state index is -0.638. The Morgan fingerprint density at radius 1 is 1.36 bits per heavy atom. The number of ether oxygens (including phenoxy) is 1. The number of rotatable bonds is 3. The van der Waals surface area contributed by atoms with Gasteiger partial charge in [-0.15, -0.1) is 5.10 Å². The van der Waals surface area contributed by atoms with Crippen LogP contribution in [-0.4, -0.2) is 40.0 Å². The number of esters is 1. The highest BCUT2D eigenvalue weighted by atomic mass is 16.5. The van der Waals surface area contributed by atoms with E-state index in [1.807, 2.05) is 30.3 Å². The van der Waals surface area contributed by atoms with Gasteiger partial charge in [-0.25, -0.2) is 9.48 Å². The zero-order valence-corrected chi connectivity index (χ0v) is 12.1. The SMILES string of the molecule is COC(=O)C1CC(n2cc(-c3ccccc3)nn2)CC(=O)N1. The first-order chi connectivity index (χ1) is 10.7. The van der Waals surface area contributed by atoms with Crippen LogP contribution in [0.2, 0.25) is 0 Å². The number of nitrogens with one attached hydrogen (secondary N) is 1. The number of nitrogens with zero attached hydrogens (tertiary/aromatic N) is 3. The molecule has 22 heavy (non-hydrogen) atoms. The molecule has 1 fully saturated rings. The van der Waals surface area contributed by atoms with Crippen LogP contribution in [0.25, 0.3) is 11.3 Å². The van der Waals surface area contributed by atoms with Crippen molar-refractivity contribution in [2.75, 3.05) is 7.11 Å². The van der Waals surface area contributed by atoms with Crippen molar-refractivity contribution in [1.82, 2.24) is 20.3 Å². The second-order valence-corrected chi connectivity index (χ2v) is 5.19. The summed E-state index contributed by atoms with van der Waals surface area (Å²) >= 11 is 0. The molecule has 3 rings (SSSR count). The van der Waals surface area contributed by atoms with Crippen LogP contribution in [0.15, 0.2) is 36.5 Å². The van der Waals surface area contributed by atoms with E-state index in [1.165, 1.54) is 7.11 Å². The lowest BCUT2D eigenvalue weighted by molar-refractivity contribution is -0.147. The highest BCUT2D eigenvalue weighted by Gasteiger charge is 2.33. The van der Waals surface area contributed by atoms with Crippen molar-refractivity contribution in [3.8, 4) is 11.3 Å². The van der Waals surface area contributed by atoms with E-state index in [-0.39, 0.29) is 18.4 Å². The van der Waals surface area contributed by atoms with Gasteiger partial charge in [0, 0.05) is 18.4 Å². The Labute approximate surface area is 127 Å². The van der Waals surface area contributed by atoms with Crippen molar-refractivity contribution in [3.05, 3.63) is 36.5 Å². The number of carbonyl (C=O) groups excluding carboxylic acids is 2. The third kappa shape index (κ3) is 2.83. The average molecular weight is 300 g/mol. The molecule has 2 heterocycles. The van der Waals surface area contributed by atoms with E-state index in [0.29, 0.717) is 6.42 Å². The first kappa shape index (κ1) is 14.2. The number of carbonyl (C=O) groups is 2. The minimum absolute atomic E-state index is 0.191. The second-order valence-electron chi connectivity index (χ2n) is 5.19. The predicted octanol–water partition coefficient (Wildman–Crippen LogP) is 0.938. The maximum Gasteiger partial charge on any atom is 0.328 e. The topological polar surface area (TPSA) is 86.1 Å². The van der Waals surface area contributed by atoms with Gasteiger partial charge in [-0.3, -0.25) is 4.79 Å². The summed E-state index contributed by atoms with van der Waals surface area (Å²) in [6.07, 6.45) is 2.51. The molecule has 7 nitrogen and oxygen atoms in total. The molecule has 2 unspecified atom stereocenters. The number of hydrogen-bond acceptors (Lipinski definition) is 5. The van der Waals surface area contributed by atoms with Gasteiger partial charge in [-0.1, -0.05) is 35.5 Å². The van der Waals surface area contributed by atoms with E-state index in [4.69, 9.17) is 4.74 Å². The van der Waals surface area contributed by atoms with Crippen molar-refractivity contribution < 1.29 is 14.3 Å². The molecular weight excluding hydrogens is 284 g/mol. The Balaban J connectivity index is 1.80. The number of piperidine rings is 1. The summed E-state index contributed by atoms with van der Waals surface area (Å²) in [4.78, 5) is 23.4. The highest BCUT2D eigenvalue weighted by molar-refractivity contribution is 5.86. The molecule has 1 amide bonds. The van der Waals surface area contributed by atoms with Crippen LogP contribution in [0.1, 0.15) is 18.9 Å². The maximum absolute atomic E-state index is 11.8. The van der Waals surface area contributed by atoms with Crippen LogP contribution in [0.3, 0.4) is 0 Å². The Kier molecular flexibility index (Phi) is 3.86. The fraction of sp³-hybridized carbons (Fsp3) is 0.333. The lowest BCUT2D eigenvalue weighted by Crippen LogP contribution is -2.47. The number of methoxy groups -OCH3 is 1. The molecule has 114 valence electrons. The smallest absolute Gasteiger partial charge is 0.328 e. The summed E-state index contributed by atoms with van der Waals surface area (Å²) in [5, 5.41) is 10.9. The summed E-state index contributed by atoms with van der Waals surface area (Å²) < 4.78 is 6.35. The molecule has 0 saturated carbocycles. The van der Waals surface area contributed by atoms with E-state index in [9.17, 15) is 9.59 Å². The van der Waals surface area contributed by atoms with Crippen LogP contribution < -0.4 is 5.32 Å². The molecule has 1 N–H and O–H groups in total. The molecule has 1 aromatic carbocycles. The van der Waals surface area contributed by atoms with E-state index in [2.05, 4.69) is 15.6 Å². The van der Waals surface area contributed by atoms with Crippen molar-refractivity contribution in [2.24, 2.45) is 0 Å². The van der Waals surface area contributed by atoms with Gasteiger partial charge in [0.15, 0.2) is 0 Å². The van der Waals surface area contributed by atoms with Crippen molar-refractivity contribution in [3.63, 3.8) is 0 Å². The third-order valence-electron chi connectivity index (χ3n) is 3.70. The largest absolute Gasteiger partial charge is 0.467 e. The molecule has 0 aliphatic carbocycles. The molecule has 2 aromatic rings. The fourth-order valence-electron chi connectivity index (χ4n) is 2.58. The number of hydrogen-bond donors (Lipinski definition) is 1. The summed E-state index contributed by atoms with van der Waals surface area (Å²) in [6.45, 7) is 0. The molecule has 1 aliphatic rings. The van der Waals surface area contributed by atoms with Gasteiger partial charge in [0.25, 0.3) is 0 Å². The van der Waals surface area contributed by atoms with Gasteiger partial charge in [0.1, 0.15) is 11.7 Å². The van der Waals surface area contributed by atoms with Crippen LogP contribution in [0, 0.1) is 0 Å². The number of aromatic nitrogens is 3. The van der Waals surface area contributed by atoms with E-state index >= 15 is 0 Å². The van der Waals surface area contributed by atoms with Gasteiger partial charge in [0.2, 0.25) is 5.91 Å². The fourth-order valence-corrected chi connectivity index (χ4v) is 2.58. The zero-order chi connectivity index (χ0) is 15.5. The lowest BCUT2D eigenvalue weighted by atomic mass is 9.99. The molecule has 1 saturated heterocycles. The number of benzene rings is 1. The minimum Gasteiger partial charge on any atom is -0.467 e. The maximum atomic E-state index is 11.8. The molecule has 1 aliphatic heterocycles. The van der Waals surface area contributed by atoms with Gasteiger partial charge >= 0.3 is 5.97 Å². The first-order valence-corrected chi connectivity index (χ1v) is 7.02. The zero-order valence-electron chi connectivity index (χ0n) is 12.1. The Morgan fingerprint density at radius 2 is 2.14 bits per heavy atom. The van der Waals surface area contributed by atoms with E-state index in [1.54, 1.807) is 10.9 Å². The molecule has 1 aromatic heterocycles. The summed E-state index contributed by atoms with van der Waals surface area (Å²) in [7, 11) is 1.31. The molecule has 2 atom stereocenters. The van der Waals surface area contributed by atoms with Crippen molar-refractivity contribution in [1.29, 1.82) is 0 Å². The number of amides is 1. The van der Waals surface area contributed by atoms with Gasteiger partial charge in [0.05, 0.1) is 19.3 Å². The first-order valence-electron chi connectivity index (χ1n) is 7.02. The normalized spacial score (nSPS) is 21.2. The predicted molar refractivity (Wildman–Crippen MR) is 77.7 cm³/mol. The van der Waals surface area contributed by atoms with E-state index in [0.717, 1.165) is 11.3 Å². The van der Waals surface area contributed by atoms with Gasteiger partial charge < -0.3 is 10.1 Å². The molecule has 0 bridgehead atoms. The van der Waals surface area contributed by atoms with Crippen LogP contribution in [0.5, 0.6) is 0 Å². The van der Waals surface area contributed by atoms with Gasteiger partial charge in [-0.2, -0.15) is 0 Å². The molecule has 7 heteroatoms. The summed E-state index contributed by atoms with van der Waals surface area (Å²) in [5.74, 6) is -0.634. The summed E-state index contributed by atoms with van der Waals surface area (Å²) in [6, 6.07) is 8.83. The molecule has 0 radical (unpaired) electrons. The third-order valence-corrected chi connectivity index (χ3v) is 3.70. The average Bonchev–Trinajstić information content (AvgIpc) is 3.04. The Morgan fingerprint density at radius 3 is 2.86 bits per heavy atom. The quantitative estimate of drug-likeness (QED) is 0.852. The molecule has 0 spiro atoms. The van der Waals surface area contributed by atoms with Crippen LogP contribution in [0.4, 0.5) is 0 Å².